The maximum absolute atomic E-state index is 6.27. The van der Waals surface area contributed by atoms with Crippen molar-refractivity contribution in [3.05, 3.63) is 46.5 Å². The topological polar surface area (TPSA) is 26.0 Å². The largest absolute Gasteiger partial charge is 0.327 e. The van der Waals surface area contributed by atoms with Gasteiger partial charge in [-0.25, -0.2) is 0 Å². The highest BCUT2D eigenvalue weighted by Crippen LogP contribution is 2.27. The van der Waals surface area contributed by atoms with Gasteiger partial charge in [-0.1, -0.05) is 38.5 Å². The Kier molecular flexibility index (Phi) is 5.59. The van der Waals surface area contributed by atoms with Gasteiger partial charge in [-0.3, -0.25) is 0 Å². The van der Waals surface area contributed by atoms with Crippen LogP contribution in [0, 0.1) is 13.8 Å². The van der Waals surface area contributed by atoms with Crippen molar-refractivity contribution in [1.82, 2.24) is 0 Å². The molecule has 0 aliphatic rings. The van der Waals surface area contributed by atoms with E-state index in [0.717, 1.165) is 19.3 Å². The smallest absolute Gasteiger partial charge is 0.00825 e. The molecule has 0 spiro atoms. The Hall–Kier alpha value is -1.08. The molecule has 0 aliphatic heterocycles. The summed E-state index contributed by atoms with van der Waals surface area (Å²) in [7, 11) is 0. The van der Waals surface area contributed by atoms with Gasteiger partial charge < -0.3 is 5.73 Å². The summed E-state index contributed by atoms with van der Waals surface area (Å²) in [5, 5.41) is 0. The summed E-state index contributed by atoms with van der Waals surface area (Å²) in [5.74, 6) is 0. The van der Waals surface area contributed by atoms with Crippen LogP contribution in [0.25, 0.3) is 0 Å². The average Bonchev–Trinajstić information content (AvgIpc) is 2.29. The lowest BCUT2D eigenvalue weighted by molar-refractivity contribution is 0.585. The van der Waals surface area contributed by atoms with Gasteiger partial charge in [0, 0.05) is 6.04 Å². The fourth-order valence-corrected chi connectivity index (χ4v) is 2.54. The third-order valence-electron chi connectivity index (χ3n) is 3.97. The lowest BCUT2D eigenvalue weighted by atomic mass is 9.82. The van der Waals surface area contributed by atoms with E-state index >= 15 is 0 Å². The first-order valence-electron chi connectivity index (χ1n) is 7.62. The van der Waals surface area contributed by atoms with Gasteiger partial charge in [0.1, 0.15) is 0 Å². The van der Waals surface area contributed by atoms with E-state index in [2.05, 4.69) is 60.3 Å². The Labute approximate surface area is 125 Å². The van der Waals surface area contributed by atoms with Crippen molar-refractivity contribution < 1.29 is 0 Å². The van der Waals surface area contributed by atoms with Crippen LogP contribution in [0.4, 0.5) is 0 Å². The first-order chi connectivity index (χ1) is 9.11. The van der Waals surface area contributed by atoms with E-state index in [4.69, 9.17) is 5.73 Å². The molecule has 20 heavy (non-hydrogen) atoms. The Morgan fingerprint density at radius 3 is 2.10 bits per heavy atom. The zero-order valence-electron chi connectivity index (χ0n) is 14.1. The Balaban J connectivity index is 2.89. The molecule has 0 radical (unpaired) electrons. The van der Waals surface area contributed by atoms with E-state index in [0.29, 0.717) is 0 Å². The minimum Gasteiger partial charge on any atom is -0.327 e. The number of hydrogen-bond donors (Lipinski definition) is 1. The maximum atomic E-state index is 6.27. The molecular weight excluding hydrogens is 242 g/mol. The van der Waals surface area contributed by atoms with Gasteiger partial charge in [0.2, 0.25) is 0 Å². The number of rotatable bonds is 5. The summed E-state index contributed by atoms with van der Waals surface area (Å²) in [6.07, 6.45) is 3.02. The highest BCUT2D eigenvalue weighted by Gasteiger charge is 2.17. The zero-order chi connectivity index (χ0) is 15.5. The second-order valence-electron chi connectivity index (χ2n) is 7.30. The van der Waals surface area contributed by atoms with Gasteiger partial charge >= 0.3 is 0 Å². The molecule has 0 aromatic heterocycles. The molecule has 1 atom stereocenters. The summed E-state index contributed by atoms with van der Waals surface area (Å²) < 4.78 is 0. The van der Waals surface area contributed by atoms with Crippen molar-refractivity contribution in [1.29, 1.82) is 0 Å². The second-order valence-corrected chi connectivity index (χ2v) is 7.30. The van der Waals surface area contributed by atoms with Gasteiger partial charge in [-0.05, 0) is 67.7 Å². The zero-order valence-corrected chi connectivity index (χ0v) is 14.1. The van der Waals surface area contributed by atoms with Crippen molar-refractivity contribution in [2.45, 2.75) is 72.3 Å². The molecule has 1 rings (SSSR count). The maximum Gasteiger partial charge on any atom is 0.00825 e. The summed E-state index contributed by atoms with van der Waals surface area (Å²) in [6, 6.07) is 4.88. The van der Waals surface area contributed by atoms with Crippen LogP contribution < -0.4 is 5.73 Å². The molecule has 1 heteroatoms. The monoisotopic (exact) mass is 273 g/mol. The summed E-state index contributed by atoms with van der Waals surface area (Å²) in [4.78, 5) is 0. The normalized spacial score (nSPS) is 13.3. The van der Waals surface area contributed by atoms with Crippen LogP contribution in [0.3, 0.4) is 0 Å². The molecule has 0 fully saturated rings. The van der Waals surface area contributed by atoms with E-state index in [1.54, 1.807) is 0 Å². The predicted molar refractivity (Wildman–Crippen MR) is 90.3 cm³/mol. The molecule has 2 N–H and O–H groups in total. The molecule has 0 bridgehead atoms. The van der Waals surface area contributed by atoms with Crippen LogP contribution in [0.15, 0.2) is 24.3 Å². The number of hydrogen-bond acceptors (Lipinski definition) is 1. The lowest BCUT2D eigenvalue weighted by Gasteiger charge is -2.23. The molecule has 1 aromatic rings. The van der Waals surface area contributed by atoms with Crippen molar-refractivity contribution in [3.8, 4) is 0 Å². The first-order valence-corrected chi connectivity index (χ1v) is 7.62. The molecule has 1 nitrogen and oxygen atoms in total. The Morgan fingerprint density at radius 2 is 1.70 bits per heavy atom. The fourth-order valence-electron chi connectivity index (χ4n) is 2.54. The van der Waals surface area contributed by atoms with Gasteiger partial charge in [-0.2, -0.15) is 0 Å². The second kappa shape index (κ2) is 6.58. The lowest BCUT2D eigenvalue weighted by Crippen LogP contribution is -2.24. The van der Waals surface area contributed by atoms with Crippen LogP contribution in [-0.4, -0.2) is 6.04 Å². The average molecular weight is 273 g/mol. The van der Waals surface area contributed by atoms with Crippen LogP contribution in [-0.2, 0) is 11.8 Å². The number of aryl methyl sites for hydroxylation is 2. The van der Waals surface area contributed by atoms with Crippen LogP contribution in [0.5, 0.6) is 0 Å². The fraction of sp³-hybridized carbons (Fsp3) is 0.579. The number of benzene rings is 1. The van der Waals surface area contributed by atoms with Crippen molar-refractivity contribution >= 4 is 0 Å². The molecule has 1 unspecified atom stereocenters. The molecule has 0 amide bonds. The van der Waals surface area contributed by atoms with Crippen molar-refractivity contribution in [2.75, 3.05) is 0 Å². The summed E-state index contributed by atoms with van der Waals surface area (Å²) in [6.45, 7) is 17.2. The molecule has 0 aliphatic carbocycles. The SMILES string of the molecule is C=C(C)CCC(N)Cc1c(C)cc(C(C)(C)C)cc1C. The molecule has 0 heterocycles. The quantitative estimate of drug-likeness (QED) is 0.764. The molecular formula is C19H31N. The van der Waals surface area contributed by atoms with Gasteiger partial charge in [0.25, 0.3) is 0 Å². The summed E-state index contributed by atoms with van der Waals surface area (Å²) >= 11 is 0. The minimum atomic E-state index is 0.204. The van der Waals surface area contributed by atoms with Crippen molar-refractivity contribution in [3.63, 3.8) is 0 Å². The highest BCUT2D eigenvalue weighted by molar-refractivity contribution is 5.40. The van der Waals surface area contributed by atoms with Gasteiger partial charge in [0.05, 0.1) is 0 Å². The van der Waals surface area contributed by atoms with Crippen LogP contribution in [0.1, 0.15) is 62.8 Å². The van der Waals surface area contributed by atoms with Gasteiger partial charge in [0.15, 0.2) is 0 Å². The van der Waals surface area contributed by atoms with E-state index in [-0.39, 0.29) is 11.5 Å². The van der Waals surface area contributed by atoms with Crippen molar-refractivity contribution in [2.24, 2.45) is 5.73 Å². The Bertz CT molecular complexity index is 454. The minimum absolute atomic E-state index is 0.204. The number of allylic oxidation sites excluding steroid dienone is 1. The molecule has 0 saturated heterocycles. The Morgan fingerprint density at radius 1 is 1.20 bits per heavy atom. The first kappa shape index (κ1) is 17.0. The standard InChI is InChI=1S/C19H31N/c1-13(2)8-9-17(20)12-18-14(3)10-16(11-15(18)4)19(5,6)7/h10-11,17H,1,8-9,12,20H2,2-7H3. The van der Waals surface area contributed by atoms with E-state index in [1.165, 1.54) is 27.8 Å². The molecule has 0 saturated carbocycles. The predicted octanol–water partition coefficient (Wildman–Crippen LogP) is 4.83. The van der Waals surface area contributed by atoms with Crippen LogP contribution in [0.2, 0.25) is 0 Å². The third-order valence-corrected chi connectivity index (χ3v) is 3.97. The number of nitrogens with two attached hydrogens (primary N) is 1. The molecule has 112 valence electrons. The highest BCUT2D eigenvalue weighted by atomic mass is 14.6. The van der Waals surface area contributed by atoms with Crippen LogP contribution >= 0.6 is 0 Å². The summed E-state index contributed by atoms with van der Waals surface area (Å²) in [5.41, 5.74) is 13.3. The van der Waals surface area contributed by atoms with E-state index in [9.17, 15) is 0 Å². The van der Waals surface area contributed by atoms with E-state index in [1.807, 2.05) is 0 Å². The van der Waals surface area contributed by atoms with Gasteiger partial charge in [-0.15, -0.1) is 6.58 Å². The third kappa shape index (κ3) is 4.79. The van der Waals surface area contributed by atoms with E-state index < -0.39 is 0 Å². The molecule has 1 aromatic carbocycles.